The maximum atomic E-state index is 5.03. The van der Waals surface area contributed by atoms with Crippen molar-refractivity contribution in [2.45, 2.75) is 39.0 Å². The van der Waals surface area contributed by atoms with Gasteiger partial charge in [0.15, 0.2) is 4.77 Å². The van der Waals surface area contributed by atoms with Gasteiger partial charge in [-0.1, -0.05) is 18.6 Å². The maximum absolute atomic E-state index is 5.03. The topological polar surface area (TPSA) is 31.6 Å². The molecule has 2 N–H and O–H groups in total. The highest BCUT2D eigenvalue weighted by molar-refractivity contribution is 7.71. The number of rotatable bonds is 3. The molecule has 15 heavy (non-hydrogen) atoms. The first-order valence-corrected chi connectivity index (χ1v) is 6.16. The lowest BCUT2D eigenvalue weighted by Gasteiger charge is -2.22. The summed E-state index contributed by atoms with van der Waals surface area (Å²) in [5, 5.41) is 0. The first-order chi connectivity index (χ1) is 7.29. The number of hydrogen-bond donors (Lipinski definition) is 2. The van der Waals surface area contributed by atoms with Crippen molar-refractivity contribution in [1.29, 1.82) is 0 Å². The molecule has 1 atom stereocenters. The molecule has 1 aliphatic rings. The van der Waals surface area contributed by atoms with E-state index in [4.69, 9.17) is 12.2 Å². The molecule has 0 aliphatic heterocycles. The van der Waals surface area contributed by atoms with Gasteiger partial charge in [0.05, 0.1) is 0 Å². The van der Waals surface area contributed by atoms with Crippen LogP contribution in [0.2, 0.25) is 0 Å². The van der Waals surface area contributed by atoms with Gasteiger partial charge in [-0.15, -0.1) is 0 Å². The third-order valence-corrected chi connectivity index (χ3v) is 3.43. The molecule has 0 saturated carbocycles. The minimum atomic E-state index is 0.727. The summed E-state index contributed by atoms with van der Waals surface area (Å²) < 4.78 is 0.739. The average Bonchev–Trinajstić information content (AvgIpc) is 2.65. The van der Waals surface area contributed by atoms with Crippen LogP contribution in [0.15, 0.2) is 17.8 Å². The molecule has 1 heterocycles. The van der Waals surface area contributed by atoms with Crippen molar-refractivity contribution in [3.05, 3.63) is 28.3 Å². The van der Waals surface area contributed by atoms with Crippen LogP contribution in [-0.4, -0.2) is 9.97 Å². The van der Waals surface area contributed by atoms with Gasteiger partial charge in [-0.3, -0.25) is 0 Å². The fourth-order valence-corrected chi connectivity index (χ4v) is 2.61. The summed E-state index contributed by atoms with van der Waals surface area (Å²) in [5.74, 6) is 0.727. The SMILES string of the molecule is CCC1=CCCCC1Cc1c[nH]c(=S)[nH]1. The molecule has 1 aliphatic carbocycles. The van der Waals surface area contributed by atoms with E-state index in [2.05, 4.69) is 23.0 Å². The molecule has 0 fully saturated rings. The number of allylic oxidation sites excluding steroid dienone is 2. The van der Waals surface area contributed by atoms with Crippen molar-refractivity contribution < 1.29 is 0 Å². The van der Waals surface area contributed by atoms with E-state index in [0.717, 1.165) is 17.1 Å². The molecule has 0 saturated heterocycles. The van der Waals surface area contributed by atoms with Crippen LogP contribution in [0.4, 0.5) is 0 Å². The molecule has 82 valence electrons. The molecule has 1 aromatic heterocycles. The van der Waals surface area contributed by atoms with Crippen LogP contribution < -0.4 is 0 Å². The Kier molecular flexibility index (Phi) is 3.41. The number of imidazole rings is 1. The minimum absolute atomic E-state index is 0.727. The molecule has 1 unspecified atom stereocenters. The van der Waals surface area contributed by atoms with Gasteiger partial charge in [-0.2, -0.15) is 0 Å². The lowest BCUT2D eigenvalue weighted by Crippen LogP contribution is -2.11. The molecule has 0 amide bonds. The van der Waals surface area contributed by atoms with Crippen LogP contribution in [0.25, 0.3) is 0 Å². The van der Waals surface area contributed by atoms with E-state index in [1.54, 1.807) is 5.57 Å². The Hall–Kier alpha value is -0.830. The molecular formula is C12H18N2S. The molecule has 0 spiro atoms. The third-order valence-electron chi connectivity index (χ3n) is 3.21. The summed E-state index contributed by atoms with van der Waals surface area (Å²) in [6, 6.07) is 0. The maximum Gasteiger partial charge on any atom is 0.174 e. The van der Waals surface area contributed by atoms with Gasteiger partial charge < -0.3 is 9.97 Å². The third kappa shape index (κ3) is 2.59. The molecular weight excluding hydrogens is 204 g/mol. The second-order valence-corrected chi connectivity index (χ2v) is 4.64. The standard InChI is InChI=1S/C12H18N2S/c1-2-9-5-3-4-6-10(9)7-11-8-13-12(15)14-11/h5,8,10H,2-4,6-7H2,1H3,(H2,13,14,15). The van der Waals surface area contributed by atoms with Gasteiger partial charge in [-0.05, 0) is 50.2 Å². The van der Waals surface area contributed by atoms with Crippen LogP contribution in [0.3, 0.4) is 0 Å². The van der Waals surface area contributed by atoms with Crippen molar-refractivity contribution in [1.82, 2.24) is 9.97 Å². The number of H-pyrrole nitrogens is 2. The van der Waals surface area contributed by atoms with Gasteiger partial charge in [-0.25, -0.2) is 0 Å². The highest BCUT2D eigenvalue weighted by Gasteiger charge is 2.17. The van der Waals surface area contributed by atoms with E-state index in [0.29, 0.717) is 0 Å². The number of nitrogens with one attached hydrogen (secondary N) is 2. The summed E-state index contributed by atoms with van der Waals surface area (Å²) in [6.07, 6.45) is 10.6. The Labute approximate surface area is 95.8 Å². The van der Waals surface area contributed by atoms with E-state index < -0.39 is 0 Å². The fourth-order valence-electron chi connectivity index (χ4n) is 2.42. The number of aromatic amines is 2. The Balaban J connectivity index is 2.07. The minimum Gasteiger partial charge on any atom is -0.337 e. The van der Waals surface area contributed by atoms with Crippen molar-refractivity contribution in [3.63, 3.8) is 0 Å². The van der Waals surface area contributed by atoms with Crippen LogP contribution in [-0.2, 0) is 6.42 Å². The second-order valence-electron chi connectivity index (χ2n) is 4.23. The number of hydrogen-bond acceptors (Lipinski definition) is 1. The quantitative estimate of drug-likeness (QED) is 0.592. The van der Waals surface area contributed by atoms with E-state index in [1.807, 2.05) is 6.20 Å². The molecule has 3 heteroatoms. The lowest BCUT2D eigenvalue weighted by atomic mass is 9.83. The van der Waals surface area contributed by atoms with Gasteiger partial charge in [0, 0.05) is 11.9 Å². The van der Waals surface area contributed by atoms with E-state index in [1.165, 1.54) is 31.4 Å². The first-order valence-electron chi connectivity index (χ1n) is 5.75. The Morgan fingerprint density at radius 2 is 2.40 bits per heavy atom. The monoisotopic (exact) mass is 222 g/mol. The Morgan fingerprint density at radius 3 is 3.07 bits per heavy atom. The molecule has 0 bridgehead atoms. The van der Waals surface area contributed by atoms with E-state index in [-0.39, 0.29) is 0 Å². The predicted octanol–water partition coefficient (Wildman–Crippen LogP) is 3.75. The van der Waals surface area contributed by atoms with Crippen LogP contribution >= 0.6 is 12.2 Å². The zero-order valence-electron chi connectivity index (χ0n) is 9.18. The summed E-state index contributed by atoms with van der Waals surface area (Å²) >= 11 is 5.03. The normalized spacial score (nSPS) is 21.4. The van der Waals surface area contributed by atoms with Gasteiger partial charge in [0.2, 0.25) is 0 Å². The van der Waals surface area contributed by atoms with Gasteiger partial charge >= 0.3 is 0 Å². The smallest absolute Gasteiger partial charge is 0.174 e. The van der Waals surface area contributed by atoms with Gasteiger partial charge in [0.1, 0.15) is 0 Å². The molecule has 0 radical (unpaired) electrons. The van der Waals surface area contributed by atoms with Crippen molar-refractivity contribution in [3.8, 4) is 0 Å². The van der Waals surface area contributed by atoms with Gasteiger partial charge in [0.25, 0.3) is 0 Å². The number of aromatic nitrogens is 2. The zero-order chi connectivity index (χ0) is 10.7. The van der Waals surface area contributed by atoms with Crippen LogP contribution in [0.1, 0.15) is 38.3 Å². The predicted molar refractivity (Wildman–Crippen MR) is 65.4 cm³/mol. The molecule has 0 aromatic carbocycles. The summed E-state index contributed by atoms with van der Waals surface area (Å²) in [5.41, 5.74) is 2.87. The molecule has 2 nitrogen and oxygen atoms in total. The summed E-state index contributed by atoms with van der Waals surface area (Å²) in [4.78, 5) is 6.23. The average molecular weight is 222 g/mol. The van der Waals surface area contributed by atoms with Crippen LogP contribution in [0.5, 0.6) is 0 Å². The van der Waals surface area contributed by atoms with Crippen molar-refractivity contribution in [2.24, 2.45) is 5.92 Å². The van der Waals surface area contributed by atoms with Crippen molar-refractivity contribution in [2.75, 3.05) is 0 Å². The second kappa shape index (κ2) is 4.79. The van der Waals surface area contributed by atoms with E-state index >= 15 is 0 Å². The summed E-state index contributed by atoms with van der Waals surface area (Å²) in [7, 11) is 0. The lowest BCUT2D eigenvalue weighted by molar-refractivity contribution is 0.492. The highest BCUT2D eigenvalue weighted by Crippen LogP contribution is 2.29. The fraction of sp³-hybridized carbons (Fsp3) is 0.583. The first kappa shape index (κ1) is 10.7. The van der Waals surface area contributed by atoms with Crippen LogP contribution in [0, 0.1) is 10.7 Å². The molecule has 1 aromatic rings. The van der Waals surface area contributed by atoms with Crippen molar-refractivity contribution >= 4 is 12.2 Å². The Morgan fingerprint density at radius 1 is 1.53 bits per heavy atom. The largest absolute Gasteiger partial charge is 0.337 e. The zero-order valence-corrected chi connectivity index (χ0v) is 9.99. The Bertz CT molecular complexity index is 400. The highest BCUT2D eigenvalue weighted by atomic mass is 32.1. The molecule has 2 rings (SSSR count). The van der Waals surface area contributed by atoms with E-state index in [9.17, 15) is 0 Å². The summed E-state index contributed by atoms with van der Waals surface area (Å²) in [6.45, 7) is 2.25.